The van der Waals surface area contributed by atoms with Crippen molar-refractivity contribution in [2.24, 2.45) is 11.3 Å². The lowest BCUT2D eigenvalue weighted by molar-refractivity contribution is -0.124. The van der Waals surface area contributed by atoms with Gasteiger partial charge in [-0.15, -0.1) is 0 Å². The third-order valence-electron chi connectivity index (χ3n) is 6.81. The molecule has 0 unspecified atom stereocenters. The third-order valence-corrected chi connectivity index (χ3v) is 6.81. The molecule has 1 saturated heterocycles. The van der Waals surface area contributed by atoms with E-state index in [1.807, 2.05) is 26.8 Å². The molecule has 32 heavy (non-hydrogen) atoms. The van der Waals surface area contributed by atoms with Crippen molar-refractivity contribution in [1.82, 2.24) is 0 Å². The Labute approximate surface area is 192 Å². The fourth-order valence-electron chi connectivity index (χ4n) is 4.32. The Bertz CT molecular complexity index is 889. The standard InChI is InChI=1S/C27H40O5/c1-9-18(5)22(28)21-23(29)19(6)24(30)27(14-13-17(4)12-10-11-16(2)3)15-20(26(7,8)31)32-25(21)27/h11,13,18,20,29,31H,9-10,12,14-15H2,1-8H3/t18-,20+,27-/m1/s1. The summed E-state index contributed by atoms with van der Waals surface area (Å²) in [7, 11) is 0. The van der Waals surface area contributed by atoms with Crippen molar-refractivity contribution in [3.8, 4) is 0 Å². The highest BCUT2D eigenvalue weighted by Gasteiger charge is 2.58. The van der Waals surface area contributed by atoms with E-state index < -0.39 is 17.1 Å². The minimum Gasteiger partial charge on any atom is -0.507 e. The lowest BCUT2D eigenvalue weighted by Gasteiger charge is -2.32. The second-order valence-corrected chi connectivity index (χ2v) is 10.3. The normalized spacial score (nSPS) is 25.0. The summed E-state index contributed by atoms with van der Waals surface area (Å²) in [5.41, 5.74) is 0.438. The van der Waals surface area contributed by atoms with E-state index in [9.17, 15) is 19.8 Å². The summed E-state index contributed by atoms with van der Waals surface area (Å²) in [6.07, 6.45) is 6.64. The molecule has 2 rings (SSSR count). The molecule has 0 aromatic rings. The molecular weight excluding hydrogens is 404 g/mol. The SMILES string of the molecule is CC[C@@H](C)C(=O)C1=C2O[C@H](C(C)(C)O)C[C@]2(CC=C(C)CCC=C(C)C)C(=O)C(C)=C1O. The Kier molecular flexibility index (Phi) is 7.98. The summed E-state index contributed by atoms with van der Waals surface area (Å²) in [5, 5.41) is 21.5. The zero-order valence-electron chi connectivity index (χ0n) is 21.0. The summed E-state index contributed by atoms with van der Waals surface area (Å²) in [6.45, 7) is 14.8. The number of aliphatic hydroxyl groups is 2. The summed E-state index contributed by atoms with van der Waals surface area (Å²) < 4.78 is 6.15. The molecule has 5 nitrogen and oxygen atoms in total. The van der Waals surface area contributed by atoms with Crippen LogP contribution in [0.3, 0.4) is 0 Å². The number of rotatable bonds is 9. The van der Waals surface area contributed by atoms with Gasteiger partial charge in [0.2, 0.25) is 0 Å². The number of carbonyl (C=O) groups excluding carboxylic acids is 2. The fraction of sp³-hybridized carbons (Fsp3) is 0.630. The molecule has 1 heterocycles. The van der Waals surface area contributed by atoms with E-state index in [1.165, 1.54) is 5.57 Å². The van der Waals surface area contributed by atoms with Crippen molar-refractivity contribution in [1.29, 1.82) is 0 Å². The van der Waals surface area contributed by atoms with Gasteiger partial charge in [0, 0.05) is 17.9 Å². The lowest BCUT2D eigenvalue weighted by Crippen LogP contribution is -2.39. The second kappa shape index (κ2) is 9.78. The molecule has 0 radical (unpaired) electrons. The smallest absolute Gasteiger partial charge is 0.176 e. The molecule has 3 atom stereocenters. The molecule has 0 aromatic heterocycles. The second-order valence-electron chi connectivity index (χ2n) is 10.3. The van der Waals surface area contributed by atoms with Crippen LogP contribution in [0, 0.1) is 11.3 Å². The van der Waals surface area contributed by atoms with Crippen molar-refractivity contribution in [3.05, 3.63) is 46.0 Å². The maximum Gasteiger partial charge on any atom is 0.176 e. The number of aliphatic hydroxyl groups excluding tert-OH is 1. The van der Waals surface area contributed by atoms with Gasteiger partial charge in [0.25, 0.3) is 0 Å². The van der Waals surface area contributed by atoms with E-state index in [1.54, 1.807) is 20.8 Å². The van der Waals surface area contributed by atoms with Crippen LogP contribution in [0.25, 0.3) is 0 Å². The van der Waals surface area contributed by atoms with Gasteiger partial charge >= 0.3 is 0 Å². The number of Topliss-reactive ketones (excluding diaryl/α,β-unsaturated/α-hetero) is 2. The fourth-order valence-corrected chi connectivity index (χ4v) is 4.32. The van der Waals surface area contributed by atoms with Gasteiger partial charge in [-0.2, -0.15) is 0 Å². The molecule has 178 valence electrons. The first kappa shape index (κ1) is 26.1. The summed E-state index contributed by atoms with van der Waals surface area (Å²) in [4.78, 5) is 26.8. The van der Waals surface area contributed by atoms with Crippen LogP contribution in [0.2, 0.25) is 0 Å². The average Bonchev–Trinajstić information content (AvgIpc) is 3.11. The minimum absolute atomic E-state index is 0.110. The van der Waals surface area contributed by atoms with Gasteiger partial charge in [0.15, 0.2) is 11.6 Å². The Morgan fingerprint density at radius 2 is 1.91 bits per heavy atom. The molecule has 1 fully saturated rings. The van der Waals surface area contributed by atoms with Gasteiger partial charge < -0.3 is 14.9 Å². The molecular formula is C27H40O5. The zero-order chi connectivity index (χ0) is 24.4. The summed E-state index contributed by atoms with van der Waals surface area (Å²) in [5.74, 6) is -0.824. The number of hydrogen-bond donors (Lipinski definition) is 2. The van der Waals surface area contributed by atoms with Crippen molar-refractivity contribution < 1.29 is 24.5 Å². The van der Waals surface area contributed by atoms with E-state index in [2.05, 4.69) is 19.9 Å². The Morgan fingerprint density at radius 3 is 2.44 bits per heavy atom. The minimum atomic E-state index is -1.20. The predicted molar refractivity (Wildman–Crippen MR) is 127 cm³/mol. The van der Waals surface area contributed by atoms with Crippen molar-refractivity contribution >= 4 is 11.6 Å². The van der Waals surface area contributed by atoms with Crippen LogP contribution >= 0.6 is 0 Å². The number of carbonyl (C=O) groups is 2. The molecule has 0 bridgehead atoms. The Hall–Kier alpha value is -2.14. The zero-order valence-corrected chi connectivity index (χ0v) is 21.0. The first-order valence-electron chi connectivity index (χ1n) is 11.7. The van der Waals surface area contributed by atoms with Gasteiger partial charge in [-0.25, -0.2) is 0 Å². The van der Waals surface area contributed by atoms with E-state index >= 15 is 0 Å². The average molecular weight is 445 g/mol. The quantitative estimate of drug-likeness (QED) is 0.433. The first-order valence-corrected chi connectivity index (χ1v) is 11.7. The number of ether oxygens (including phenoxy) is 1. The summed E-state index contributed by atoms with van der Waals surface area (Å²) in [6, 6.07) is 0. The van der Waals surface area contributed by atoms with Crippen LogP contribution < -0.4 is 0 Å². The lowest BCUT2D eigenvalue weighted by atomic mass is 9.67. The molecule has 5 heteroatoms. The first-order chi connectivity index (χ1) is 14.8. The van der Waals surface area contributed by atoms with E-state index in [0.29, 0.717) is 12.8 Å². The molecule has 0 spiro atoms. The number of allylic oxidation sites excluding steroid dienone is 7. The van der Waals surface area contributed by atoms with E-state index in [4.69, 9.17) is 4.74 Å². The summed E-state index contributed by atoms with van der Waals surface area (Å²) >= 11 is 0. The predicted octanol–water partition coefficient (Wildman–Crippen LogP) is 5.90. The Morgan fingerprint density at radius 1 is 1.28 bits per heavy atom. The maximum absolute atomic E-state index is 13.6. The van der Waals surface area contributed by atoms with Crippen LogP contribution in [-0.2, 0) is 14.3 Å². The molecule has 2 aliphatic rings. The van der Waals surface area contributed by atoms with Crippen LogP contribution in [0.5, 0.6) is 0 Å². The van der Waals surface area contributed by atoms with Crippen molar-refractivity contribution in [2.75, 3.05) is 0 Å². The highest BCUT2D eigenvalue weighted by atomic mass is 16.5. The molecule has 2 N–H and O–H groups in total. The van der Waals surface area contributed by atoms with Gasteiger partial charge in [-0.3, -0.25) is 9.59 Å². The van der Waals surface area contributed by atoms with Gasteiger partial charge in [-0.1, -0.05) is 37.1 Å². The van der Waals surface area contributed by atoms with Crippen LogP contribution in [0.15, 0.2) is 46.0 Å². The Balaban J connectivity index is 2.58. The molecule has 1 aliphatic heterocycles. The largest absolute Gasteiger partial charge is 0.507 e. The van der Waals surface area contributed by atoms with Crippen LogP contribution in [0.4, 0.5) is 0 Å². The number of ketones is 2. The molecule has 0 amide bonds. The van der Waals surface area contributed by atoms with E-state index in [-0.39, 0.29) is 46.6 Å². The molecule has 0 saturated carbocycles. The molecule has 1 aliphatic carbocycles. The number of fused-ring (bicyclic) bond motifs is 1. The van der Waals surface area contributed by atoms with Crippen LogP contribution in [-0.4, -0.2) is 33.5 Å². The molecule has 0 aromatic carbocycles. The monoisotopic (exact) mass is 444 g/mol. The highest BCUT2D eigenvalue weighted by molar-refractivity contribution is 6.11. The van der Waals surface area contributed by atoms with Crippen molar-refractivity contribution in [2.45, 2.75) is 99.2 Å². The number of hydrogen-bond acceptors (Lipinski definition) is 5. The highest BCUT2D eigenvalue weighted by Crippen LogP contribution is 2.54. The van der Waals surface area contributed by atoms with Crippen LogP contribution in [0.1, 0.15) is 87.5 Å². The van der Waals surface area contributed by atoms with Gasteiger partial charge in [0.05, 0.1) is 16.6 Å². The van der Waals surface area contributed by atoms with Crippen molar-refractivity contribution in [3.63, 3.8) is 0 Å². The topological polar surface area (TPSA) is 83.8 Å². The van der Waals surface area contributed by atoms with Gasteiger partial charge in [-0.05, 0) is 67.2 Å². The van der Waals surface area contributed by atoms with Gasteiger partial charge in [0.1, 0.15) is 17.6 Å². The third kappa shape index (κ3) is 5.09. The maximum atomic E-state index is 13.6. The van der Waals surface area contributed by atoms with E-state index in [0.717, 1.165) is 18.4 Å².